The maximum atomic E-state index is 11.0. The van der Waals surface area contributed by atoms with Crippen LogP contribution in [-0.4, -0.2) is 17.6 Å². The second-order valence-corrected chi connectivity index (χ2v) is 4.24. The quantitative estimate of drug-likeness (QED) is 0.584. The molecule has 0 aliphatic heterocycles. The number of nitrogens with zero attached hydrogens (tertiary/aromatic N) is 1. The highest BCUT2D eigenvalue weighted by Gasteiger charge is 2.03. The highest BCUT2D eigenvalue weighted by molar-refractivity contribution is 7.09. The predicted molar refractivity (Wildman–Crippen MR) is 61.9 cm³/mol. The third-order valence-electron chi connectivity index (χ3n) is 1.71. The Hall–Kier alpha value is -1.16. The molecule has 0 aromatic carbocycles. The van der Waals surface area contributed by atoms with E-state index in [9.17, 15) is 4.79 Å². The van der Waals surface area contributed by atoms with Gasteiger partial charge in [-0.05, 0) is 13.0 Å². The Labute approximate surface area is 93.8 Å². The van der Waals surface area contributed by atoms with E-state index >= 15 is 0 Å². The van der Waals surface area contributed by atoms with E-state index in [-0.39, 0.29) is 5.97 Å². The number of hydrogen-bond acceptors (Lipinski definition) is 4. The molecule has 0 saturated carbocycles. The van der Waals surface area contributed by atoms with Gasteiger partial charge >= 0.3 is 5.97 Å². The van der Waals surface area contributed by atoms with Gasteiger partial charge in [-0.3, -0.25) is 0 Å². The van der Waals surface area contributed by atoms with Crippen LogP contribution >= 0.6 is 11.3 Å². The predicted octanol–water partition coefficient (Wildman–Crippen LogP) is 2.84. The molecule has 0 unspecified atom stereocenters. The van der Waals surface area contributed by atoms with Gasteiger partial charge in [-0.25, -0.2) is 9.78 Å². The second kappa shape index (κ2) is 5.66. The Kier molecular flexibility index (Phi) is 4.49. The largest absolute Gasteiger partial charge is 0.463 e. The summed E-state index contributed by atoms with van der Waals surface area (Å²) in [6, 6.07) is 0. The SMILES string of the molecule is CCOC(=O)/C=C/c1csc(C(C)C)n1. The van der Waals surface area contributed by atoms with Gasteiger partial charge in [0.05, 0.1) is 17.3 Å². The van der Waals surface area contributed by atoms with Gasteiger partial charge in [-0.2, -0.15) is 0 Å². The number of esters is 1. The van der Waals surface area contributed by atoms with Gasteiger partial charge in [0.2, 0.25) is 0 Å². The molecule has 0 radical (unpaired) electrons. The van der Waals surface area contributed by atoms with Crippen LogP contribution in [0.25, 0.3) is 6.08 Å². The van der Waals surface area contributed by atoms with Gasteiger partial charge in [-0.1, -0.05) is 13.8 Å². The van der Waals surface area contributed by atoms with E-state index in [4.69, 9.17) is 4.74 Å². The van der Waals surface area contributed by atoms with E-state index in [0.717, 1.165) is 10.7 Å². The molecular weight excluding hydrogens is 210 g/mol. The Morgan fingerprint density at radius 1 is 1.67 bits per heavy atom. The number of hydrogen-bond donors (Lipinski definition) is 0. The number of carbonyl (C=O) groups is 1. The molecule has 1 aromatic heterocycles. The van der Waals surface area contributed by atoms with Crippen LogP contribution in [0.4, 0.5) is 0 Å². The summed E-state index contributed by atoms with van der Waals surface area (Å²) in [4.78, 5) is 15.4. The zero-order valence-corrected chi connectivity index (χ0v) is 10.0. The lowest BCUT2D eigenvalue weighted by Gasteiger charge is -1.95. The van der Waals surface area contributed by atoms with Crippen molar-refractivity contribution < 1.29 is 9.53 Å². The fourth-order valence-corrected chi connectivity index (χ4v) is 1.79. The molecule has 0 spiro atoms. The van der Waals surface area contributed by atoms with Gasteiger partial charge in [0.15, 0.2) is 0 Å². The lowest BCUT2D eigenvalue weighted by atomic mass is 10.2. The normalized spacial score (nSPS) is 11.2. The van der Waals surface area contributed by atoms with Gasteiger partial charge in [-0.15, -0.1) is 11.3 Å². The molecule has 1 rings (SSSR count). The third kappa shape index (κ3) is 3.83. The lowest BCUT2D eigenvalue weighted by Crippen LogP contribution is -1.98. The van der Waals surface area contributed by atoms with E-state index < -0.39 is 0 Å². The summed E-state index contributed by atoms with van der Waals surface area (Å²) in [5.41, 5.74) is 0.816. The van der Waals surface area contributed by atoms with Crippen molar-refractivity contribution in [2.75, 3.05) is 6.61 Å². The van der Waals surface area contributed by atoms with E-state index in [1.807, 2.05) is 5.38 Å². The number of carbonyl (C=O) groups excluding carboxylic acids is 1. The molecule has 0 atom stereocenters. The molecule has 0 fully saturated rings. The molecule has 0 aliphatic rings. The zero-order chi connectivity index (χ0) is 11.3. The average Bonchev–Trinajstić information content (AvgIpc) is 2.63. The highest BCUT2D eigenvalue weighted by atomic mass is 32.1. The summed E-state index contributed by atoms with van der Waals surface area (Å²) >= 11 is 1.61. The van der Waals surface area contributed by atoms with Gasteiger partial charge in [0.25, 0.3) is 0 Å². The van der Waals surface area contributed by atoms with Crippen LogP contribution in [0.15, 0.2) is 11.5 Å². The van der Waals surface area contributed by atoms with E-state index in [0.29, 0.717) is 12.5 Å². The summed E-state index contributed by atoms with van der Waals surface area (Å²) in [6.45, 7) is 6.37. The van der Waals surface area contributed by atoms with E-state index in [2.05, 4.69) is 18.8 Å². The summed E-state index contributed by atoms with van der Waals surface area (Å²) in [7, 11) is 0. The molecule has 15 heavy (non-hydrogen) atoms. The first-order valence-electron chi connectivity index (χ1n) is 4.93. The molecule has 3 nitrogen and oxygen atoms in total. The molecule has 0 saturated heterocycles. The Morgan fingerprint density at radius 3 is 2.93 bits per heavy atom. The maximum Gasteiger partial charge on any atom is 0.330 e. The van der Waals surface area contributed by atoms with Crippen LogP contribution in [0.5, 0.6) is 0 Å². The van der Waals surface area contributed by atoms with E-state index in [1.54, 1.807) is 24.3 Å². The zero-order valence-electron chi connectivity index (χ0n) is 9.19. The summed E-state index contributed by atoms with van der Waals surface area (Å²) in [5, 5.41) is 3.02. The van der Waals surface area contributed by atoms with Crippen molar-refractivity contribution in [3.05, 3.63) is 22.2 Å². The van der Waals surface area contributed by atoms with Gasteiger partial charge in [0.1, 0.15) is 0 Å². The number of thiazole rings is 1. The number of ether oxygens (including phenoxy) is 1. The van der Waals surface area contributed by atoms with Crippen molar-refractivity contribution in [1.82, 2.24) is 4.98 Å². The van der Waals surface area contributed by atoms with Crippen molar-refractivity contribution in [2.24, 2.45) is 0 Å². The number of rotatable bonds is 4. The highest BCUT2D eigenvalue weighted by Crippen LogP contribution is 2.19. The summed E-state index contributed by atoms with van der Waals surface area (Å²) in [6.07, 6.45) is 3.09. The smallest absolute Gasteiger partial charge is 0.330 e. The van der Waals surface area contributed by atoms with Crippen molar-refractivity contribution in [1.29, 1.82) is 0 Å². The molecule has 1 heterocycles. The topological polar surface area (TPSA) is 39.2 Å². The fourth-order valence-electron chi connectivity index (χ4n) is 0.986. The molecule has 0 amide bonds. The van der Waals surface area contributed by atoms with Crippen molar-refractivity contribution in [3.8, 4) is 0 Å². The monoisotopic (exact) mass is 225 g/mol. The first kappa shape index (κ1) is 11.9. The van der Waals surface area contributed by atoms with Crippen LogP contribution in [0.1, 0.15) is 37.4 Å². The van der Waals surface area contributed by atoms with Crippen molar-refractivity contribution in [2.45, 2.75) is 26.7 Å². The van der Waals surface area contributed by atoms with Crippen LogP contribution in [0.2, 0.25) is 0 Å². The minimum Gasteiger partial charge on any atom is -0.463 e. The lowest BCUT2D eigenvalue weighted by molar-refractivity contribution is -0.137. The fraction of sp³-hybridized carbons (Fsp3) is 0.455. The van der Waals surface area contributed by atoms with Crippen LogP contribution in [-0.2, 0) is 9.53 Å². The molecule has 1 aromatic rings. The third-order valence-corrected chi connectivity index (χ3v) is 2.87. The summed E-state index contributed by atoms with van der Waals surface area (Å²) < 4.78 is 4.77. The first-order valence-corrected chi connectivity index (χ1v) is 5.81. The molecule has 0 bridgehead atoms. The summed E-state index contributed by atoms with van der Waals surface area (Å²) in [5.74, 6) is 0.108. The Balaban J connectivity index is 2.60. The number of aromatic nitrogens is 1. The van der Waals surface area contributed by atoms with Crippen LogP contribution in [0.3, 0.4) is 0 Å². The molecule has 0 N–H and O–H groups in total. The molecule has 0 aliphatic carbocycles. The van der Waals surface area contributed by atoms with Crippen LogP contribution in [0, 0.1) is 0 Å². The first-order chi connectivity index (χ1) is 7.13. The van der Waals surface area contributed by atoms with Crippen molar-refractivity contribution >= 4 is 23.4 Å². The molecular formula is C11H15NO2S. The second-order valence-electron chi connectivity index (χ2n) is 3.35. The minimum absolute atomic E-state index is 0.323. The maximum absolute atomic E-state index is 11.0. The average molecular weight is 225 g/mol. The van der Waals surface area contributed by atoms with Crippen molar-refractivity contribution in [3.63, 3.8) is 0 Å². The Morgan fingerprint density at radius 2 is 2.40 bits per heavy atom. The van der Waals surface area contributed by atoms with Gasteiger partial charge < -0.3 is 4.74 Å². The van der Waals surface area contributed by atoms with E-state index in [1.165, 1.54) is 6.08 Å². The minimum atomic E-state index is -0.323. The van der Waals surface area contributed by atoms with Gasteiger partial charge in [0, 0.05) is 17.4 Å². The molecule has 82 valence electrons. The van der Waals surface area contributed by atoms with Crippen LogP contribution < -0.4 is 0 Å². The Bertz CT molecular complexity index is 355. The standard InChI is InChI=1S/C11H15NO2S/c1-4-14-10(13)6-5-9-7-15-11(12-9)8(2)3/h5-8H,4H2,1-3H3/b6-5+. The molecule has 4 heteroatoms.